The van der Waals surface area contributed by atoms with Crippen LogP contribution in [0, 0.1) is 0 Å². The molecule has 2 heterocycles. The third-order valence-electron chi connectivity index (χ3n) is 2.64. The molecule has 0 bridgehead atoms. The van der Waals surface area contributed by atoms with E-state index < -0.39 is 5.97 Å². The molecule has 3 rings (SSSR count). The summed E-state index contributed by atoms with van der Waals surface area (Å²) in [5.74, 6) is -0.408. The summed E-state index contributed by atoms with van der Waals surface area (Å²) >= 11 is 11.1. The highest BCUT2D eigenvalue weighted by Crippen LogP contribution is 2.36. The molecule has 1 aromatic carbocycles. The van der Waals surface area contributed by atoms with Crippen molar-refractivity contribution >= 4 is 60.0 Å². The third kappa shape index (κ3) is 2.04. The van der Waals surface area contributed by atoms with Crippen molar-refractivity contribution in [3.63, 3.8) is 0 Å². The maximum absolute atomic E-state index is 11.6. The molecule has 2 aromatic heterocycles. The van der Waals surface area contributed by atoms with E-state index in [1.807, 2.05) is 16.5 Å². The molecule has 3 aromatic rings. The van der Waals surface area contributed by atoms with Gasteiger partial charge in [0.05, 0.1) is 21.8 Å². The monoisotopic (exact) mass is 358 g/mol. The van der Waals surface area contributed by atoms with Crippen LogP contribution < -0.4 is 0 Å². The van der Waals surface area contributed by atoms with Gasteiger partial charge >= 0.3 is 5.97 Å². The van der Waals surface area contributed by atoms with Gasteiger partial charge in [0.1, 0.15) is 0 Å². The Morgan fingerprint density at radius 2 is 2.37 bits per heavy atom. The van der Waals surface area contributed by atoms with Crippen molar-refractivity contribution in [2.45, 2.75) is 6.92 Å². The van der Waals surface area contributed by atoms with Crippen LogP contribution >= 0.6 is 38.9 Å². The molecule has 0 fully saturated rings. The lowest BCUT2D eigenvalue weighted by atomic mass is 10.3. The highest BCUT2D eigenvalue weighted by molar-refractivity contribution is 9.10. The zero-order valence-electron chi connectivity index (χ0n) is 9.81. The van der Waals surface area contributed by atoms with Crippen LogP contribution in [0.3, 0.4) is 0 Å². The SMILES string of the molecule is CCOC(=O)c1cn2c(n1)sc1c(Cl)c(Br)ccc12. The molecule has 0 saturated carbocycles. The number of halogens is 2. The number of carbonyl (C=O) groups excluding carboxylic acids is 1. The molecule has 0 radical (unpaired) electrons. The Morgan fingerprint density at radius 1 is 1.58 bits per heavy atom. The van der Waals surface area contributed by atoms with E-state index in [1.165, 1.54) is 11.3 Å². The van der Waals surface area contributed by atoms with Crippen LogP contribution in [0.1, 0.15) is 17.4 Å². The van der Waals surface area contributed by atoms with Gasteiger partial charge < -0.3 is 4.74 Å². The molecule has 98 valence electrons. The molecule has 4 nitrogen and oxygen atoms in total. The van der Waals surface area contributed by atoms with Crippen molar-refractivity contribution in [2.75, 3.05) is 6.61 Å². The average Bonchev–Trinajstić information content (AvgIpc) is 2.92. The fraction of sp³-hybridized carbons (Fsp3) is 0.167. The number of hydrogen-bond donors (Lipinski definition) is 0. The van der Waals surface area contributed by atoms with E-state index in [-0.39, 0.29) is 0 Å². The maximum Gasteiger partial charge on any atom is 0.358 e. The molecular formula is C12H8BrClN2O2S. The summed E-state index contributed by atoms with van der Waals surface area (Å²) in [5, 5.41) is 0.658. The fourth-order valence-corrected chi connectivity index (χ4v) is 3.59. The Labute approximate surface area is 126 Å². The predicted octanol–water partition coefficient (Wildman–Crippen LogP) is 4.14. The van der Waals surface area contributed by atoms with Gasteiger partial charge in [0.25, 0.3) is 0 Å². The number of benzene rings is 1. The minimum absolute atomic E-state index is 0.314. The molecule has 0 aliphatic heterocycles. The number of fused-ring (bicyclic) bond motifs is 3. The zero-order valence-corrected chi connectivity index (χ0v) is 13.0. The Hall–Kier alpha value is -1.11. The number of carbonyl (C=O) groups is 1. The summed E-state index contributed by atoms with van der Waals surface area (Å²) in [6.45, 7) is 2.10. The lowest BCUT2D eigenvalue weighted by Crippen LogP contribution is -2.04. The number of hydrogen-bond acceptors (Lipinski definition) is 4. The van der Waals surface area contributed by atoms with Crippen LogP contribution in [0.2, 0.25) is 5.02 Å². The summed E-state index contributed by atoms with van der Waals surface area (Å²) in [4.78, 5) is 16.6. The van der Waals surface area contributed by atoms with Crippen LogP contribution in [0.4, 0.5) is 0 Å². The summed E-state index contributed by atoms with van der Waals surface area (Å²) in [6, 6.07) is 3.81. The molecular weight excluding hydrogens is 352 g/mol. The Kier molecular flexibility index (Phi) is 3.24. The first-order valence-electron chi connectivity index (χ1n) is 5.54. The quantitative estimate of drug-likeness (QED) is 0.646. The number of aromatic nitrogens is 2. The lowest BCUT2D eigenvalue weighted by Gasteiger charge is -1.97. The van der Waals surface area contributed by atoms with Crippen LogP contribution in [0.5, 0.6) is 0 Å². The number of rotatable bonds is 2. The van der Waals surface area contributed by atoms with E-state index in [0.717, 1.165) is 19.7 Å². The van der Waals surface area contributed by atoms with Crippen molar-refractivity contribution in [3.8, 4) is 0 Å². The fourth-order valence-electron chi connectivity index (χ4n) is 1.81. The normalized spacial score (nSPS) is 11.3. The first kappa shape index (κ1) is 12.9. The first-order chi connectivity index (χ1) is 9.11. The van der Waals surface area contributed by atoms with Crippen molar-refractivity contribution < 1.29 is 9.53 Å². The Balaban J connectivity index is 2.21. The van der Waals surface area contributed by atoms with Crippen LogP contribution in [0.25, 0.3) is 15.2 Å². The largest absolute Gasteiger partial charge is 0.461 e. The van der Waals surface area contributed by atoms with E-state index in [2.05, 4.69) is 20.9 Å². The Morgan fingerprint density at radius 3 is 3.11 bits per heavy atom. The second-order valence-electron chi connectivity index (χ2n) is 3.81. The van der Waals surface area contributed by atoms with Crippen molar-refractivity contribution in [1.29, 1.82) is 0 Å². The molecule has 0 atom stereocenters. The average molecular weight is 360 g/mol. The lowest BCUT2D eigenvalue weighted by molar-refractivity contribution is 0.0520. The molecule has 19 heavy (non-hydrogen) atoms. The van der Waals surface area contributed by atoms with E-state index in [9.17, 15) is 4.79 Å². The highest BCUT2D eigenvalue weighted by atomic mass is 79.9. The number of esters is 1. The molecule has 0 N–H and O–H groups in total. The number of nitrogens with zero attached hydrogens (tertiary/aromatic N) is 2. The summed E-state index contributed by atoms with van der Waals surface area (Å²) in [7, 11) is 0. The van der Waals surface area contributed by atoms with Gasteiger partial charge in [0.15, 0.2) is 10.7 Å². The first-order valence-corrected chi connectivity index (χ1v) is 7.53. The van der Waals surface area contributed by atoms with Gasteiger partial charge in [-0.25, -0.2) is 9.78 Å². The van der Waals surface area contributed by atoms with Crippen molar-refractivity contribution in [2.24, 2.45) is 0 Å². The molecule has 0 saturated heterocycles. The number of ether oxygens (including phenoxy) is 1. The van der Waals surface area contributed by atoms with E-state index in [1.54, 1.807) is 13.1 Å². The standard InChI is InChI=1S/C12H8BrClN2O2S/c1-2-18-11(17)7-5-16-8-4-3-6(13)9(14)10(8)19-12(16)15-7/h3-5H,2H2,1H3. The molecule has 0 aliphatic rings. The minimum atomic E-state index is -0.408. The van der Waals surface area contributed by atoms with E-state index in [0.29, 0.717) is 17.3 Å². The minimum Gasteiger partial charge on any atom is -0.461 e. The van der Waals surface area contributed by atoms with E-state index >= 15 is 0 Å². The molecule has 0 spiro atoms. The molecule has 0 unspecified atom stereocenters. The van der Waals surface area contributed by atoms with Gasteiger partial charge in [-0.1, -0.05) is 22.9 Å². The van der Waals surface area contributed by atoms with Gasteiger partial charge in [-0.05, 0) is 35.0 Å². The molecule has 0 aliphatic carbocycles. The number of imidazole rings is 1. The van der Waals surface area contributed by atoms with Gasteiger partial charge in [0.2, 0.25) is 0 Å². The Bertz CT molecular complexity index is 796. The van der Waals surface area contributed by atoms with Gasteiger partial charge in [-0.15, -0.1) is 0 Å². The van der Waals surface area contributed by atoms with Gasteiger partial charge in [-0.3, -0.25) is 4.40 Å². The summed E-state index contributed by atoms with van der Waals surface area (Å²) in [5.41, 5.74) is 1.24. The van der Waals surface area contributed by atoms with E-state index in [4.69, 9.17) is 16.3 Å². The maximum atomic E-state index is 11.6. The smallest absolute Gasteiger partial charge is 0.358 e. The molecule has 7 heteroatoms. The zero-order chi connectivity index (χ0) is 13.6. The topological polar surface area (TPSA) is 43.6 Å². The van der Waals surface area contributed by atoms with Gasteiger partial charge in [-0.2, -0.15) is 0 Å². The third-order valence-corrected chi connectivity index (χ3v) is 5.12. The van der Waals surface area contributed by atoms with Crippen LogP contribution in [-0.4, -0.2) is 22.0 Å². The number of thiazole rings is 1. The van der Waals surface area contributed by atoms with Crippen LogP contribution in [-0.2, 0) is 4.74 Å². The molecule has 0 amide bonds. The van der Waals surface area contributed by atoms with Crippen molar-refractivity contribution in [3.05, 3.63) is 33.5 Å². The summed E-state index contributed by atoms with van der Waals surface area (Å²) in [6.07, 6.45) is 1.68. The van der Waals surface area contributed by atoms with Crippen LogP contribution in [0.15, 0.2) is 22.8 Å². The second kappa shape index (κ2) is 4.77. The van der Waals surface area contributed by atoms with Crippen molar-refractivity contribution in [1.82, 2.24) is 9.38 Å². The predicted molar refractivity (Wildman–Crippen MR) is 79.2 cm³/mol. The highest BCUT2D eigenvalue weighted by Gasteiger charge is 2.16. The van der Waals surface area contributed by atoms with Gasteiger partial charge in [0, 0.05) is 10.7 Å². The summed E-state index contributed by atoms with van der Waals surface area (Å²) < 4.78 is 8.57. The second-order valence-corrected chi connectivity index (χ2v) is 6.02.